The van der Waals surface area contributed by atoms with Gasteiger partial charge in [0.15, 0.2) is 11.5 Å². The van der Waals surface area contributed by atoms with E-state index >= 15 is 0 Å². The van der Waals surface area contributed by atoms with Gasteiger partial charge < -0.3 is 14.8 Å². The molecule has 0 radical (unpaired) electrons. The van der Waals surface area contributed by atoms with Gasteiger partial charge >= 0.3 is 0 Å². The van der Waals surface area contributed by atoms with Gasteiger partial charge in [0.1, 0.15) is 0 Å². The van der Waals surface area contributed by atoms with Gasteiger partial charge in [-0.05, 0) is 36.5 Å². The van der Waals surface area contributed by atoms with E-state index in [2.05, 4.69) is 24.4 Å². The summed E-state index contributed by atoms with van der Waals surface area (Å²) in [5, 5.41) is 3.72. The van der Waals surface area contributed by atoms with Crippen LogP contribution in [0.2, 0.25) is 0 Å². The maximum absolute atomic E-state index is 5.36. The van der Waals surface area contributed by atoms with Crippen molar-refractivity contribution in [3.05, 3.63) is 23.8 Å². The predicted octanol–water partition coefficient (Wildman–Crippen LogP) is 3.76. The molecule has 1 aromatic carbocycles. The molecule has 0 bridgehead atoms. The number of hydrogen-bond donors (Lipinski definition) is 1. The first-order chi connectivity index (χ1) is 9.74. The van der Waals surface area contributed by atoms with E-state index in [1.54, 1.807) is 14.2 Å². The van der Waals surface area contributed by atoms with E-state index in [0.717, 1.165) is 24.0 Å². The van der Waals surface area contributed by atoms with Crippen LogP contribution >= 0.6 is 0 Å². The van der Waals surface area contributed by atoms with Gasteiger partial charge in [0.25, 0.3) is 0 Å². The fourth-order valence-electron chi connectivity index (χ4n) is 3.04. The highest BCUT2D eigenvalue weighted by Gasteiger charge is 2.19. The van der Waals surface area contributed by atoms with Gasteiger partial charge in [-0.2, -0.15) is 0 Å². The number of nitrogens with one attached hydrogen (secondary N) is 1. The van der Waals surface area contributed by atoms with Crippen molar-refractivity contribution in [2.24, 2.45) is 5.92 Å². The monoisotopic (exact) mass is 277 g/mol. The van der Waals surface area contributed by atoms with E-state index in [1.807, 2.05) is 6.07 Å². The largest absolute Gasteiger partial charge is 0.493 e. The molecule has 0 heterocycles. The molecule has 112 valence electrons. The van der Waals surface area contributed by atoms with E-state index in [0.29, 0.717) is 6.04 Å². The fraction of sp³-hybridized carbons (Fsp3) is 0.647. The van der Waals surface area contributed by atoms with Crippen LogP contribution in [0.5, 0.6) is 11.5 Å². The molecule has 1 saturated carbocycles. The highest BCUT2D eigenvalue weighted by atomic mass is 16.5. The summed E-state index contributed by atoms with van der Waals surface area (Å²) in [6.07, 6.45) is 6.78. The molecule has 1 aromatic rings. The summed E-state index contributed by atoms with van der Waals surface area (Å²) in [4.78, 5) is 0. The quantitative estimate of drug-likeness (QED) is 0.831. The van der Waals surface area contributed by atoms with Crippen molar-refractivity contribution in [1.29, 1.82) is 0 Å². The Kier molecular flexibility index (Phi) is 5.72. The minimum atomic E-state index is 0.644. The molecule has 0 spiro atoms. The SMILES string of the molecule is COc1ccc(CNC2CCCCCC2C)cc1OC. The summed E-state index contributed by atoms with van der Waals surface area (Å²) in [5.74, 6) is 2.37. The van der Waals surface area contributed by atoms with Gasteiger partial charge in [0.05, 0.1) is 14.2 Å². The van der Waals surface area contributed by atoms with Crippen LogP contribution in [0.15, 0.2) is 18.2 Å². The molecule has 0 saturated heterocycles. The summed E-state index contributed by atoms with van der Waals surface area (Å²) in [6.45, 7) is 3.27. The first-order valence-electron chi connectivity index (χ1n) is 7.69. The molecule has 0 aromatic heterocycles. The zero-order valence-electron chi connectivity index (χ0n) is 12.9. The zero-order chi connectivity index (χ0) is 14.4. The van der Waals surface area contributed by atoms with Crippen LogP contribution in [-0.4, -0.2) is 20.3 Å². The Morgan fingerprint density at radius 3 is 2.55 bits per heavy atom. The highest BCUT2D eigenvalue weighted by molar-refractivity contribution is 5.42. The third-order valence-electron chi connectivity index (χ3n) is 4.38. The summed E-state index contributed by atoms with van der Waals surface area (Å²) < 4.78 is 10.6. The molecule has 2 unspecified atom stereocenters. The Labute approximate surface area is 122 Å². The smallest absolute Gasteiger partial charge is 0.161 e. The second-order valence-electron chi connectivity index (χ2n) is 5.79. The molecule has 1 aliphatic carbocycles. The van der Waals surface area contributed by atoms with Crippen LogP contribution in [0.3, 0.4) is 0 Å². The average Bonchev–Trinajstić information content (AvgIpc) is 2.69. The predicted molar refractivity (Wildman–Crippen MR) is 82.4 cm³/mol. The maximum Gasteiger partial charge on any atom is 0.161 e. The van der Waals surface area contributed by atoms with Gasteiger partial charge in [-0.3, -0.25) is 0 Å². The maximum atomic E-state index is 5.36. The van der Waals surface area contributed by atoms with Crippen LogP contribution in [-0.2, 0) is 6.54 Å². The lowest BCUT2D eigenvalue weighted by atomic mass is 9.97. The molecule has 0 amide bonds. The second kappa shape index (κ2) is 7.53. The van der Waals surface area contributed by atoms with E-state index in [-0.39, 0.29) is 0 Å². The van der Waals surface area contributed by atoms with Gasteiger partial charge in [-0.15, -0.1) is 0 Å². The van der Waals surface area contributed by atoms with E-state index in [9.17, 15) is 0 Å². The summed E-state index contributed by atoms with van der Waals surface area (Å²) in [6, 6.07) is 6.79. The van der Waals surface area contributed by atoms with Crippen LogP contribution in [0.25, 0.3) is 0 Å². The van der Waals surface area contributed by atoms with Crippen molar-refractivity contribution in [3.63, 3.8) is 0 Å². The topological polar surface area (TPSA) is 30.5 Å². The van der Waals surface area contributed by atoms with Crippen LogP contribution in [0, 0.1) is 5.92 Å². The lowest BCUT2D eigenvalue weighted by Crippen LogP contribution is -2.33. The molecular weight excluding hydrogens is 250 g/mol. The molecule has 3 heteroatoms. The minimum Gasteiger partial charge on any atom is -0.493 e. The Bertz CT molecular complexity index is 419. The lowest BCUT2D eigenvalue weighted by molar-refractivity contribution is 0.349. The first kappa shape index (κ1) is 15.2. The van der Waals surface area contributed by atoms with Crippen LogP contribution in [0.4, 0.5) is 0 Å². The number of benzene rings is 1. The molecule has 1 aliphatic rings. The Morgan fingerprint density at radius 2 is 1.80 bits per heavy atom. The third kappa shape index (κ3) is 3.89. The second-order valence-corrected chi connectivity index (χ2v) is 5.79. The van der Waals surface area contributed by atoms with Crippen molar-refractivity contribution in [3.8, 4) is 11.5 Å². The van der Waals surface area contributed by atoms with E-state index in [4.69, 9.17) is 9.47 Å². The van der Waals surface area contributed by atoms with Crippen molar-refractivity contribution >= 4 is 0 Å². The van der Waals surface area contributed by atoms with Crippen LogP contribution in [0.1, 0.15) is 44.6 Å². The molecule has 3 nitrogen and oxygen atoms in total. The molecule has 2 rings (SSSR count). The molecule has 1 N–H and O–H groups in total. The van der Waals surface area contributed by atoms with Crippen molar-refractivity contribution in [2.45, 2.75) is 51.6 Å². The molecule has 1 fully saturated rings. The standard InChI is InChI=1S/C17H27NO2/c1-13-7-5-4-6-8-15(13)18-12-14-9-10-16(19-2)17(11-14)20-3/h9-11,13,15,18H,4-8,12H2,1-3H3. The average molecular weight is 277 g/mol. The van der Waals surface area contributed by atoms with Crippen molar-refractivity contribution in [2.75, 3.05) is 14.2 Å². The summed E-state index contributed by atoms with van der Waals surface area (Å²) >= 11 is 0. The van der Waals surface area contributed by atoms with Crippen molar-refractivity contribution < 1.29 is 9.47 Å². The lowest BCUT2D eigenvalue weighted by Gasteiger charge is -2.23. The van der Waals surface area contributed by atoms with Gasteiger partial charge in [0.2, 0.25) is 0 Å². The van der Waals surface area contributed by atoms with Gasteiger partial charge in [0, 0.05) is 12.6 Å². The normalized spacial score (nSPS) is 23.1. The Balaban J connectivity index is 1.96. The molecule has 20 heavy (non-hydrogen) atoms. The molecule has 0 aliphatic heterocycles. The number of ether oxygens (including phenoxy) is 2. The number of rotatable bonds is 5. The zero-order valence-corrected chi connectivity index (χ0v) is 12.9. The first-order valence-corrected chi connectivity index (χ1v) is 7.69. The van der Waals surface area contributed by atoms with Gasteiger partial charge in [-0.25, -0.2) is 0 Å². The third-order valence-corrected chi connectivity index (χ3v) is 4.38. The van der Waals surface area contributed by atoms with Gasteiger partial charge in [-0.1, -0.05) is 32.3 Å². The minimum absolute atomic E-state index is 0.644. The fourth-order valence-corrected chi connectivity index (χ4v) is 3.04. The molecular formula is C17H27NO2. The Hall–Kier alpha value is -1.22. The molecule has 2 atom stereocenters. The summed E-state index contributed by atoms with van der Waals surface area (Å²) in [5.41, 5.74) is 1.25. The van der Waals surface area contributed by atoms with E-state index < -0.39 is 0 Å². The van der Waals surface area contributed by atoms with E-state index in [1.165, 1.54) is 37.7 Å². The highest BCUT2D eigenvalue weighted by Crippen LogP contribution is 2.28. The van der Waals surface area contributed by atoms with Crippen LogP contribution < -0.4 is 14.8 Å². The summed E-state index contributed by atoms with van der Waals surface area (Å²) in [7, 11) is 3.35. The Morgan fingerprint density at radius 1 is 1.05 bits per heavy atom. The number of hydrogen-bond acceptors (Lipinski definition) is 3. The number of methoxy groups -OCH3 is 2. The van der Waals surface area contributed by atoms with Crippen molar-refractivity contribution in [1.82, 2.24) is 5.32 Å².